The maximum absolute atomic E-state index is 7.54. The van der Waals surface area contributed by atoms with Gasteiger partial charge >= 0.3 is 0 Å². The summed E-state index contributed by atoms with van der Waals surface area (Å²) in [4.78, 5) is 4.94. The Balaban J connectivity index is 1.76. The number of hydrogen-bond acceptors (Lipinski definition) is 3. The second-order valence-corrected chi connectivity index (χ2v) is 4.13. The van der Waals surface area contributed by atoms with Crippen molar-refractivity contribution in [3.8, 4) is 0 Å². The quantitative estimate of drug-likeness (QED) is 0.374. The molecule has 0 radical (unpaired) electrons. The van der Waals surface area contributed by atoms with Crippen molar-refractivity contribution in [2.24, 2.45) is 11.3 Å². The van der Waals surface area contributed by atoms with E-state index in [4.69, 9.17) is 10.2 Å². The normalized spacial score (nSPS) is 26.1. The van der Waals surface area contributed by atoms with Crippen LogP contribution in [0.4, 0.5) is 0 Å². The highest BCUT2D eigenvalue weighted by Gasteiger charge is 2.50. The van der Waals surface area contributed by atoms with Crippen molar-refractivity contribution < 1.29 is 4.84 Å². The van der Waals surface area contributed by atoms with Crippen LogP contribution in [-0.2, 0) is 4.84 Å². The highest BCUT2D eigenvalue weighted by molar-refractivity contribution is 5.76. The fourth-order valence-corrected chi connectivity index (χ4v) is 2.45. The van der Waals surface area contributed by atoms with E-state index in [0.29, 0.717) is 17.2 Å². The summed E-state index contributed by atoms with van der Waals surface area (Å²) in [6.45, 7) is 0. The van der Waals surface area contributed by atoms with E-state index in [-0.39, 0.29) is 0 Å². The summed E-state index contributed by atoms with van der Waals surface area (Å²) in [6, 6.07) is 0. The molecule has 0 aliphatic heterocycles. The van der Waals surface area contributed by atoms with Gasteiger partial charge in [0, 0.05) is 13.0 Å². The lowest BCUT2D eigenvalue weighted by molar-refractivity contribution is -0.00969. The molecule has 0 heterocycles. The molecule has 2 aliphatic rings. The minimum absolute atomic E-state index is 0.401. The zero-order valence-corrected chi connectivity index (χ0v) is 7.52. The lowest BCUT2D eigenvalue weighted by Crippen LogP contribution is -2.46. The van der Waals surface area contributed by atoms with Crippen LogP contribution >= 0.6 is 0 Å². The Morgan fingerprint density at radius 2 is 2.17 bits per heavy atom. The van der Waals surface area contributed by atoms with E-state index in [9.17, 15) is 0 Å². The van der Waals surface area contributed by atoms with Gasteiger partial charge in [0.05, 0.1) is 0 Å². The summed E-state index contributed by atoms with van der Waals surface area (Å²) in [5, 5.41) is 7.54. The molecule has 2 aliphatic carbocycles. The van der Waals surface area contributed by atoms with E-state index in [1.807, 2.05) is 0 Å². The third kappa shape index (κ3) is 1.12. The summed E-state index contributed by atoms with van der Waals surface area (Å²) in [5.74, 6) is 0.827. The summed E-state index contributed by atoms with van der Waals surface area (Å²) in [5.41, 5.74) is 3.20. The van der Waals surface area contributed by atoms with E-state index in [2.05, 4.69) is 5.48 Å². The minimum Gasteiger partial charge on any atom is -0.394 e. The number of hydrogen-bond donors (Lipinski definition) is 2. The molecule has 2 rings (SSSR count). The van der Waals surface area contributed by atoms with Crippen molar-refractivity contribution in [1.29, 1.82) is 5.41 Å². The highest BCUT2D eigenvalue weighted by atomic mass is 16.6. The van der Waals surface area contributed by atoms with E-state index < -0.39 is 0 Å². The first kappa shape index (κ1) is 8.05. The SMILES string of the molecule is CNOC(=N)C1CC2(CCC2)C1. The third-order valence-electron chi connectivity index (χ3n) is 3.36. The van der Waals surface area contributed by atoms with Crippen LogP contribution in [0.1, 0.15) is 32.1 Å². The third-order valence-corrected chi connectivity index (χ3v) is 3.36. The molecule has 2 fully saturated rings. The van der Waals surface area contributed by atoms with Gasteiger partial charge in [-0.2, -0.15) is 5.48 Å². The molecule has 0 bridgehead atoms. The van der Waals surface area contributed by atoms with E-state index in [1.54, 1.807) is 7.05 Å². The highest BCUT2D eigenvalue weighted by Crippen LogP contribution is 2.58. The first-order valence-electron chi connectivity index (χ1n) is 4.68. The second kappa shape index (κ2) is 2.73. The Hall–Kier alpha value is -0.570. The maximum Gasteiger partial charge on any atom is 0.209 e. The Bertz CT molecular complexity index is 191. The van der Waals surface area contributed by atoms with Gasteiger partial charge in [0.1, 0.15) is 0 Å². The minimum atomic E-state index is 0.401. The molecule has 68 valence electrons. The molecule has 3 nitrogen and oxygen atoms in total. The predicted octanol–water partition coefficient (Wildman–Crippen LogP) is 1.69. The number of rotatable bonds is 2. The summed E-state index contributed by atoms with van der Waals surface area (Å²) in [7, 11) is 1.70. The number of hydroxylamine groups is 1. The van der Waals surface area contributed by atoms with Gasteiger partial charge in [-0.15, -0.1) is 0 Å². The molecule has 1 spiro atoms. The lowest BCUT2D eigenvalue weighted by Gasteiger charge is -2.53. The largest absolute Gasteiger partial charge is 0.394 e. The molecule has 0 unspecified atom stereocenters. The van der Waals surface area contributed by atoms with Gasteiger partial charge in [0.2, 0.25) is 5.90 Å². The standard InChI is InChI=1S/C9H16N2O/c1-11-12-8(10)7-5-9(6-7)3-2-4-9/h7,10-11H,2-6H2,1H3. The monoisotopic (exact) mass is 168 g/mol. The van der Waals surface area contributed by atoms with Gasteiger partial charge in [0.15, 0.2) is 0 Å². The molecule has 0 amide bonds. The zero-order valence-electron chi connectivity index (χ0n) is 7.52. The molecule has 0 saturated heterocycles. The maximum atomic E-state index is 7.54. The predicted molar refractivity (Wildman–Crippen MR) is 46.9 cm³/mol. The van der Waals surface area contributed by atoms with E-state index in [1.165, 1.54) is 32.1 Å². The van der Waals surface area contributed by atoms with Crippen molar-refractivity contribution in [2.45, 2.75) is 32.1 Å². The van der Waals surface area contributed by atoms with Crippen LogP contribution in [0.25, 0.3) is 0 Å². The smallest absolute Gasteiger partial charge is 0.209 e. The van der Waals surface area contributed by atoms with Crippen molar-refractivity contribution in [2.75, 3.05) is 7.05 Å². The van der Waals surface area contributed by atoms with E-state index in [0.717, 1.165) is 0 Å². The van der Waals surface area contributed by atoms with Crippen LogP contribution in [0.3, 0.4) is 0 Å². The first-order valence-corrected chi connectivity index (χ1v) is 4.68. The molecule has 0 aromatic heterocycles. The van der Waals surface area contributed by atoms with E-state index >= 15 is 0 Å². The summed E-state index contributed by atoms with van der Waals surface area (Å²) < 4.78 is 0. The average molecular weight is 168 g/mol. The van der Waals surface area contributed by atoms with Crippen LogP contribution in [0.15, 0.2) is 0 Å². The van der Waals surface area contributed by atoms with Crippen LogP contribution in [0.2, 0.25) is 0 Å². The van der Waals surface area contributed by atoms with Crippen LogP contribution < -0.4 is 5.48 Å². The lowest BCUT2D eigenvalue weighted by atomic mass is 9.52. The van der Waals surface area contributed by atoms with Gasteiger partial charge in [-0.1, -0.05) is 6.42 Å². The van der Waals surface area contributed by atoms with Crippen LogP contribution in [-0.4, -0.2) is 12.9 Å². The second-order valence-electron chi connectivity index (χ2n) is 4.13. The van der Waals surface area contributed by atoms with Crippen LogP contribution in [0.5, 0.6) is 0 Å². The molecule has 0 aromatic rings. The van der Waals surface area contributed by atoms with Crippen molar-refractivity contribution in [1.82, 2.24) is 5.48 Å². The van der Waals surface area contributed by atoms with Crippen LogP contribution in [0, 0.1) is 16.7 Å². The Morgan fingerprint density at radius 1 is 1.50 bits per heavy atom. The zero-order chi connectivity index (χ0) is 8.60. The van der Waals surface area contributed by atoms with Crippen molar-refractivity contribution in [3.63, 3.8) is 0 Å². The van der Waals surface area contributed by atoms with Gasteiger partial charge in [-0.3, -0.25) is 5.41 Å². The van der Waals surface area contributed by atoms with Gasteiger partial charge in [-0.05, 0) is 31.1 Å². The Kier molecular flexibility index (Phi) is 1.83. The van der Waals surface area contributed by atoms with Gasteiger partial charge in [0.25, 0.3) is 0 Å². The number of nitrogens with one attached hydrogen (secondary N) is 2. The summed E-state index contributed by atoms with van der Waals surface area (Å²) in [6.07, 6.45) is 6.54. The molecule has 0 atom stereocenters. The summed E-state index contributed by atoms with van der Waals surface area (Å²) >= 11 is 0. The molecular formula is C9H16N2O. The fourth-order valence-electron chi connectivity index (χ4n) is 2.45. The molecule has 12 heavy (non-hydrogen) atoms. The average Bonchev–Trinajstić information content (AvgIpc) is 1.81. The first-order chi connectivity index (χ1) is 5.76. The molecule has 3 heteroatoms. The van der Waals surface area contributed by atoms with Crippen molar-refractivity contribution >= 4 is 5.90 Å². The molecule has 2 N–H and O–H groups in total. The van der Waals surface area contributed by atoms with Gasteiger partial charge in [-0.25, -0.2) is 0 Å². The van der Waals surface area contributed by atoms with Crippen molar-refractivity contribution in [3.05, 3.63) is 0 Å². The Labute approximate surface area is 72.9 Å². The molecule has 0 aromatic carbocycles. The van der Waals surface area contributed by atoms with Gasteiger partial charge < -0.3 is 4.84 Å². The molecule has 2 saturated carbocycles. The molecular weight excluding hydrogens is 152 g/mol. The topological polar surface area (TPSA) is 45.1 Å². The Morgan fingerprint density at radius 3 is 2.58 bits per heavy atom. The fraction of sp³-hybridized carbons (Fsp3) is 0.889.